The van der Waals surface area contributed by atoms with Gasteiger partial charge >= 0.3 is 0 Å². The Balaban J connectivity index is 3.54. The van der Waals surface area contributed by atoms with E-state index in [1.807, 2.05) is 0 Å². The Bertz CT molecular complexity index is 168. The zero-order valence-electron chi connectivity index (χ0n) is 11.3. The predicted molar refractivity (Wildman–Crippen MR) is 70.5 cm³/mol. The number of nitrogens with one attached hydrogen (secondary N) is 1. The zero-order chi connectivity index (χ0) is 12.2. The van der Waals surface area contributed by atoms with Gasteiger partial charge in [0, 0.05) is 13.0 Å². The van der Waals surface area contributed by atoms with Gasteiger partial charge in [0.05, 0.1) is 0 Å². The fourth-order valence-corrected chi connectivity index (χ4v) is 1.83. The highest BCUT2D eigenvalue weighted by molar-refractivity contribution is 5.75. The number of unbranched alkanes of at least 4 members (excludes halogenated alkanes) is 3. The molecule has 0 heterocycles. The van der Waals surface area contributed by atoms with Gasteiger partial charge in [0.25, 0.3) is 0 Å². The van der Waals surface area contributed by atoms with E-state index in [1.165, 1.54) is 38.5 Å². The monoisotopic (exact) mass is 227 g/mol. The van der Waals surface area contributed by atoms with Crippen molar-refractivity contribution in [3.05, 3.63) is 0 Å². The third-order valence-corrected chi connectivity index (χ3v) is 3.14. The van der Waals surface area contributed by atoms with E-state index in [0.717, 1.165) is 13.0 Å². The lowest BCUT2D eigenvalue weighted by atomic mass is 9.99. The van der Waals surface area contributed by atoms with Gasteiger partial charge in [0.2, 0.25) is 5.91 Å². The molecule has 1 amide bonds. The second-order valence-corrected chi connectivity index (χ2v) is 4.68. The van der Waals surface area contributed by atoms with Crippen molar-refractivity contribution in [1.29, 1.82) is 0 Å². The molecule has 0 aromatic heterocycles. The van der Waals surface area contributed by atoms with Crippen LogP contribution in [0.15, 0.2) is 0 Å². The first-order valence-electron chi connectivity index (χ1n) is 7.01. The van der Waals surface area contributed by atoms with E-state index in [2.05, 4.69) is 26.1 Å². The van der Waals surface area contributed by atoms with Gasteiger partial charge in [-0.15, -0.1) is 0 Å². The Morgan fingerprint density at radius 3 is 2.31 bits per heavy atom. The lowest BCUT2D eigenvalue weighted by Crippen LogP contribution is -2.28. The zero-order valence-corrected chi connectivity index (χ0v) is 11.3. The van der Waals surface area contributed by atoms with Gasteiger partial charge in [-0.1, -0.05) is 52.9 Å². The van der Waals surface area contributed by atoms with Gasteiger partial charge in [-0.05, 0) is 18.8 Å². The molecule has 2 heteroatoms. The molecule has 0 aliphatic carbocycles. The summed E-state index contributed by atoms with van der Waals surface area (Å²) < 4.78 is 0. The van der Waals surface area contributed by atoms with Crippen LogP contribution in [-0.2, 0) is 4.79 Å². The van der Waals surface area contributed by atoms with Crippen molar-refractivity contribution < 1.29 is 4.79 Å². The molecule has 0 aromatic carbocycles. The second-order valence-electron chi connectivity index (χ2n) is 4.68. The summed E-state index contributed by atoms with van der Waals surface area (Å²) in [5.41, 5.74) is 0. The minimum Gasteiger partial charge on any atom is -0.356 e. The Morgan fingerprint density at radius 2 is 1.75 bits per heavy atom. The largest absolute Gasteiger partial charge is 0.356 e. The van der Waals surface area contributed by atoms with E-state index in [4.69, 9.17) is 0 Å². The molecular weight excluding hydrogens is 198 g/mol. The summed E-state index contributed by atoms with van der Waals surface area (Å²) in [6.45, 7) is 7.47. The molecule has 0 saturated heterocycles. The maximum absolute atomic E-state index is 11.5. The summed E-state index contributed by atoms with van der Waals surface area (Å²) in [5.74, 6) is 0.915. The highest BCUT2D eigenvalue weighted by Crippen LogP contribution is 2.11. The molecule has 0 saturated carbocycles. The number of amides is 1. The molecule has 1 atom stereocenters. The summed E-state index contributed by atoms with van der Waals surface area (Å²) in [5, 5.41) is 3.06. The first-order valence-corrected chi connectivity index (χ1v) is 7.01. The predicted octanol–water partition coefficient (Wildman–Crippen LogP) is 3.90. The van der Waals surface area contributed by atoms with Gasteiger partial charge < -0.3 is 5.32 Å². The van der Waals surface area contributed by atoms with Crippen LogP contribution in [0.3, 0.4) is 0 Å². The van der Waals surface area contributed by atoms with Gasteiger partial charge in [0.15, 0.2) is 0 Å². The van der Waals surface area contributed by atoms with Crippen molar-refractivity contribution in [2.75, 3.05) is 6.54 Å². The van der Waals surface area contributed by atoms with Gasteiger partial charge in [-0.2, -0.15) is 0 Å². The third kappa shape index (κ3) is 8.75. The lowest BCUT2D eigenvalue weighted by Gasteiger charge is -2.15. The molecule has 0 aliphatic heterocycles. The Kier molecular flexibility index (Phi) is 10.6. The Hall–Kier alpha value is -0.530. The molecule has 0 spiro atoms. The smallest absolute Gasteiger partial charge is 0.220 e. The van der Waals surface area contributed by atoms with Crippen molar-refractivity contribution in [2.45, 2.75) is 72.1 Å². The van der Waals surface area contributed by atoms with Crippen molar-refractivity contribution in [3.8, 4) is 0 Å². The molecule has 0 aliphatic rings. The summed E-state index contributed by atoms with van der Waals surface area (Å²) >= 11 is 0. The van der Waals surface area contributed by atoms with E-state index in [0.29, 0.717) is 12.3 Å². The van der Waals surface area contributed by atoms with Crippen molar-refractivity contribution >= 4 is 5.91 Å². The van der Waals surface area contributed by atoms with Crippen LogP contribution in [0.5, 0.6) is 0 Å². The number of hydrogen-bond donors (Lipinski definition) is 1. The summed E-state index contributed by atoms with van der Waals surface area (Å²) in [7, 11) is 0. The molecule has 0 aromatic rings. The molecule has 0 bridgehead atoms. The Morgan fingerprint density at radius 1 is 1.06 bits per heavy atom. The summed E-state index contributed by atoms with van der Waals surface area (Å²) in [6.07, 6.45) is 9.05. The van der Waals surface area contributed by atoms with Crippen LogP contribution in [0.4, 0.5) is 0 Å². The number of carbonyl (C=O) groups excluding carboxylic acids is 1. The topological polar surface area (TPSA) is 29.1 Å². The quantitative estimate of drug-likeness (QED) is 0.563. The van der Waals surface area contributed by atoms with Crippen molar-refractivity contribution in [1.82, 2.24) is 5.32 Å². The highest BCUT2D eigenvalue weighted by Gasteiger charge is 2.07. The first-order chi connectivity index (χ1) is 7.74. The number of rotatable bonds is 10. The molecule has 0 radical (unpaired) electrons. The minimum absolute atomic E-state index is 0.239. The molecule has 96 valence electrons. The molecular formula is C14H29NO. The summed E-state index contributed by atoms with van der Waals surface area (Å²) in [4.78, 5) is 11.5. The van der Waals surface area contributed by atoms with Gasteiger partial charge in [-0.3, -0.25) is 4.79 Å². The second kappa shape index (κ2) is 11.0. The SMILES string of the molecule is CCCCCC(=O)NCC(CC)CCCC. The lowest BCUT2D eigenvalue weighted by molar-refractivity contribution is -0.121. The fraction of sp³-hybridized carbons (Fsp3) is 0.929. The third-order valence-electron chi connectivity index (χ3n) is 3.14. The van der Waals surface area contributed by atoms with Crippen LogP contribution in [0.2, 0.25) is 0 Å². The van der Waals surface area contributed by atoms with Gasteiger partial charge in [0.1, 0.15) is 0 Å². The average molecular weight is 227 g/mol. The van der Waals surface area contributed by atoms with Gasteiger partial charge in [-0.25, -0.2) is 0 Å². The maximum Gasteiger partial charge on any atom is 0.220 e. The standard InChI is InChI=1S/C14H29NO/c1-4-7-9-11-14(16)15-12-13(6-3)10-8-5-2/h13H,4-12H2,1-3H3,(H,15,16). The maximum atomic E-state index is 11.5. The van der Waals surface area contributed by atoms with Crippen LogP contribution in [0.1, 0.15) is 72.1 Å². The molecule has 0 rings (SSSR count). The van der Waals surface area contributed by atoms with Crippen molar-refractivity contribution in [3.63, 3.8) is 0 Å². The van der Waals surface area contributed by atoms with E-state index >= 15 is 0 Å². The van der Waals surface area contributed by atoms with E-state index in [9.17, 15) is 4.79 Å². The highest BCUT2D eigenvalue weighted by atomic mass is 16.1. The summed E-state index contributed by atoms with van der Waals surface area (Å²) in [6, 6.07) is 0. The molecule has 1 unspecified atom stereocenters. The number of hydrogen-bond acceptors (Lipinski definition) is 1. The molecule has 1 N–H and O–H groups in total. The van der Waals surface area contributed by atoms with Crippen LogP contribution in [-0.4, -0.2) is 12.5 Å². The van der Waals surface area contributed by atoms with E-state index in [-0.39, 0.29) is 5.91 Å². The van der Waals surface area contributed by atoms with E-state index < -0.39 is 0 Å². The van der Waals surface area contributed by atoms with Crippen LogP contribution in [0, 0.1) is 5.92 Å². The van der Waals surface area contributed by atoms with E-state index in [1.54, 1.807) is 0 Å². The average Bonchev–Trinajstić information content (AvgIpc) is 2.30. The Labute approximate surface area is 101 Å². The first kappa shape index (κ1) is 15.5. The normalized spacial score (nSPS) is 12.4. The van der Waals surface area contributed by atoms with Crippen LogP contribution >= 0.6 is 0 Å². The van der Waals surface area contributed by atoms with Crippen LogP contribution in [0.25, 0.3) is 0 Å². The fourth-order valence-electron chi connectivity index (χ4n) is 1.83. The minimum atomic E-state index is 0.239. The molecule has 16 heavy (non-hydrogen) atoms. The van der Waals surface area contributed by atoms with Crippen LogP contribution < -0.4 is 5.32 Å². The molecule has 0 fully saturated rings. The van der Waals surface area contributed by atoms with Crippen molar-refractivity contribution in [2.24, 2.45) is 5.92 Å². The molecule has 2 nitrogen and oxygen atoms in total. The number of carbonyl (C=O) groups is 1.